The van der Waals surface area contributed by atoms with Crippen molar-refractivity contribution >= 4 is 22.9 Å². The van der Waals surface area contributed by atoms with Crippen LogP contribution in [0.5, 0.6) is 5.75 Å². The highest BCUT2D eigenvalue weighted by atomic mass is 35.5. The topological polar surface area (TPSA) is 51.5 Å². The first-order chi connectivity index (χ1) is 12.0. The predicted octanol–water partition coefficient (Wildman–Crippen LogP) is 4.72. The number of para-hydroxylation sites is 1. The molecule has 0 saturated carbocycles. The van der Waals surface area contributed by atoms with E-state index in [1.807, 2.05) is 13.8 Å². The maximum atomic E-state index is 12.5. The van der Waals surface area contributed by atoms with Gasteiger partial charge in [0.05, 0.1) is 17.6 Å². The number of nitrogens with zero attached hydrogens (tertiary/aromatic N) is 3. The molecule has 0 amide bonds. The van der Waals surface area contributed by atoms with E-state index in [1.54, 1.807) is 35.0 Å². The number of aromatic nitrogens is 3. The Kier molecular flexibility index (Phi) is 5.03. The van der Waals surface area contributed by atoms with E-state index in [9.17, 15) is 8.78 Å². The predicted molar refractivity (Wildman–Crippen MR) is 92.5 cm³/mol. The van der Waals surface area contributed by atoms with Crippen LogP contribution >= 0.6 is 11.6 Å². The highest BCUT2D eigenvalue weighted by Crippen LogP contribution is 2.26. The number of alkyl halides is 2. The van der Waals surface area contributed by atoms with Crippen molar-refractivity contribution in [1.82, 2.24) is 14.6 Å². The molecule has 0 unspecified atom stereocenters. The molecule has 3 rings (SSSR count). The van der Waals surface area contributed by atoms with Gasteiger partial charge in [-0.1, -0.05) is 43.6 Å². The minimum Gasteiger partial charge on any atom is -0.434 e. The molecule has 0 aliphatic heterocycles. The van der Waals surface area contributed by atoms with Gasteiger partial charge >= 0.3 is 6.61 Å². The Morgan fingerprint density at radius 3 is 2.76 bits per heavy atom. The molecule has 0 bridgehead atoms. The van der Waals surface area contributed by atoms with Crippen LogP contribution in [0.25, 0.3) is 5.65 Å². The summed E-state index contributed by atoms with van der Waals surface area (Å²) in [5.74, 6) is 0.362. The molecule has 0 saturated heterocycles. The molecule has 1 aromatic carbocycles. The van der Waals surface area contributed by atoms with Crippen LogP contribution in [0, 0.1) is 0 Å². The van der Waals surface area contributed by atoms with Gasteiger partial charge in [-0.2, -0.15) is 13.9 Å². The van der Waals surface area contributed by atoms with Gasteiger partial charge in [-0.25, -0.2) is 9.50 Å². The molecule has 0 aliphatic rings. The molecule has 2 aromatic heterocycles. The number of imidazole rings is 1. The SMILES string of the molecule is CC(C)c1cnc2c(NCc3ccccc3OC(F)F)cc(Cl)nn12. The minimum absolute atomic E-state index is 0.132. The van der Waals surface area contributed by atoms with Crippen molar-refractivity contribution < 1.29 is 13.5 Å². The fourth-order valence-electron chi connectivity index (χ4n) is 2.53. The summed E-state index contributed by atoms with van der Waals surface area (Å²) in [6, 6.07) is 8.29. The highest BCUT2D eigenvalue weighted by Gasteiger charge is 2.14. The first-order valence-electron chi connectivity index (χ1n) is 7.76. The van der Waals surface area contributed by atoms with Crippen LogP contribution in [0.15, 0.2) is 36.5 Å². The molecule has 2 heterocycles. The number of anilines is 1. The average molecular weight is 367 g/mol. The Balaban J connectivity index is 1.89. The van der Waals surface area contributed by atoms with Crippen molar-refractivity contribution in [2.24, 2.45) is 0 Å². The summed E-state index contributed by atoms with van der Waals surface area (Å²) in [5, 5.41) is 7.78. The summed E-state index contributed by atoms with van der Waals surface area (Å²) in [5.41, 5.74) is 2.82. The highest BCUT2D eigenvalue weighted by molar-refractivity contribution is 6.29. The number of hydrogen-bond acceptors (Lipinski definition) is 4. The molecule has 0 atom stereocenters. The van der Waals surface area contributed by atoms with Gasteiger partial charge < -0.3 is 10.1 Å². The fourth-order valence-corrected chi connectivity index (χ4v) is 2.72. The third-order valence-electron chi connectivity index (χ3n) is 3.71. The van der Waals surface area contributed by atoms with Crippen molar-refractivity contribution in [3.63, 3.8) is 0 Å². The number of benzene rings is 1. The second-order valence-corrected chi connectivity index (χ2v) is 6.18. The number of ether oxygens (including phenoxy) is 1. The molecular formula is C17H17ClF2N4O. The van der Waals surface area contributed by atoms with Gasteiger partial charge in [-0.15, -0.1) is 0 Å². The van der Waals surface area contributed by atoms with Gasteiger partial charge in [-0.05, 0) is 12.0 Å². The molecule has 0 radical (unpaired) electrons. The van der Waals surface area contributed by atoms with E-state index in [2.05, 4.69) is 20.1 Å². The van der Waals surface area contributed by atoms with Gasteiger partial charge in [0.25, 0.3) is 0 Å². The quantitative estimate of drug-likeness (QED) is 0.685. The van der Waals surface area contributed by atoms with Crippen molar-refractivity contribution in [2.75, 3.05) is 5.32 Å². The molecule has 3 aromatic rings. The Morgan fingerprint density at radius 1 is 1.28 bits per heavy atom. The largest absolute Gasteiger partial charge is 0.434 e. The summed E-state index contributed by atoms with van der Waals surface area (Å²) in [7, 11) is 0. The molecule has 25 heavy (non-hydrogen) atoms. The first kappa shape index (κ1) is 17.4. The van der Waals surface area contributed by atoms with Gasteiger partial charge in [0.1, 0.15) is 5.75 Å². The Labute approximate surface area is 148 Å². The van der Waals surface area contributed by atoms with Gasteiger partial charge in [0.2, 0.25) is 0 Å². The number of halogens is 3. The zero-order valence-corrected chi connectivity index (χ0v) is 14.5. The summed E-state index contributed by atoms with van der Waals surface area (Å²) in [6.07, 6.45) is 1.75. The summed E-state index contributed by atoms with van der Waals surface area (Å²) in [6.45, 7) is 1.49. The Morgan fingerprint density at radius 2 is 2.04 bits per heavy atom. The van der Waals surface area contributed by atoms with Crippen LogP contribution in [0.1, 0.15) is 31.0 Å². The van der Waals surface area contributed by atoms with E-state index >= 15 is 0 Å². The smallest absolute Gasteiger partial charge is 0.387 e. The van der Waals surface area contributed by atoms with E-state index in [0.29, 0.717) is 22.1 Å². The van der Waals surface area contributed by atoms with E-state index in [0.717, 1.165) is 5.69 Å². The number of hydrogen-bond donors (Lipinski definition) is 1. The standard InChI is InChI=1S/C17H17ClF2N4O/c1-10(2)13-9-22-16-12(7-15(18)23-24(13)16)21-8-11-5-3-4-6-14(11)25-17(19)20/h3-7,9-10,17,21H,8H2,1-2H3. The van der Waals surface area contributed by atoms with Crippen LogP contribution in [-0.2, 0) is 6.54 Å². The third-order valence-corrected chi connectivity index (χ3v) is 3.90. The van der Waals surface area contributed by atoms with Crippen LogP contribution in [0.4, 0.5) is 14.5 Å². The van der Waals surface area contributed by atoms with E-state index < -0.39 is 6.61 Å². The lowest BCUT2D eigenvalue weighted by Crippen LogP contribution is -2.08. The lowest BCUT2D eigenvalue weighted by atomic mass is 10.1. The molecular weight excluding hydrogens is 350 g/mol. The first-order valence-corrected chi connectivity index (χ1v) is 8.14. The zero-order chi connectivity index (χ0) is 18.0. The zero-order valence-electron chi connectivity index (χ0n) is 13.7. The lowest BCUT2D eigenvalue weighted by Gasteiger charge is -2.13. The van der Waals surface area contributed by atoms with E-state index in [-0.39, 0.29) is 18.2 Å². The molecule has 0 spiro atoms. The van der Waals surface area contributed by atoms with Crippen LogP contribution < -0.4 is 10.1 Å². The van der Waals surface area contributed by atoms with E-state index in [1.165, 1.54) is 6.07 Å². The monoisotopic (exact) mass is 366 g/mol. The number of rotatable bonds is 6. The summed E-state index contributed by atoms with van der Waals surface area (Å²) < 4.78 is 31.3. The van der Waals surface area contributed by atoms with Crippen LogP contribution in [0.2, 0.25) is 5.15 Å². The average Bonchev–Trinajstić information content (AvgIpc) is 2.97. The van der Waals surface area contributed by atoms with Crippen LogP contribution in [0.3, 0.4) is 0 Å². The number of fused-ring (bicyclic) bond motifs is 1. The second kappa shape index (κ2) is 7.23. The normalized spacial score (nSPS) is 11.5. The fraction of sp³-hybridized carbons (Fsp3) is 0.294. The summed E-state index contributed by atoms with van der Waals surface area (Å²) in [4.78, 5) is 4.39. The molecule has 1 N–H and O–H groups in total. The van der Waals surface area contributed by atoms with Gasteiger partial charge in [0.15, 0.2) is 10.8 Å². The molecule has 132 valence electrons. The molecule has 0 aliphatic carbocycles. The Hall–Kier alpha value is -2.41. The minimum atomic E-state index is -2.87. The number of nitrogens with one attached hydrogen (secondary N) is 1. The molecule has 8 heteroatoms. The van der Waals surface area contributed by atoms with Gasteiger partial charge in [0, 0.05) is 18.2 Å². The molecule has 0 fully saturated rings. The van der Waals surface area contributed by atoms with Crippen LogP contribution in [-0.4, -0.2) is 21.2 Å². The maximum absolute atomic E-state index is 12.5. The van der Waals surface area contributed by atoms with Crippen molar-refractivity contribution in [3.05, 3.63) is 52.9 Å². The van der Waals surface area contributed by atoms with E-state index in [4.69, 9.17) is 11.6 Å². The second-order valence-electron chi connectivity index (χ2n) is 5.79. The van der Waals surface area contributed by atoms with Crippen molar-refractivity contribution in [3.8, 4) is 5.75 Å². The Bertz CT molecular complexity index is 882. The third kappa shape index (κ3) is 3.82. The van der Waals surface area contributed by atoms with Crippen molar-refractivity contribution in [2.45, 2.75) is 32.9 Å². The maximum Gasteiger partial charge on any atom is 0.387 e. The summed E-state index contributed by atoms with van der Waals surface area (Å²) >= 11 is 6.12. The molecule has 5 nitrogen and oxygen atoms in total. The van der Waals surface area contributed by atoms with Crippen molar-refractivity contribution in [1.29, 1.82) is 0 Å². The van der Waals surface area contributed by atoms with Gasteiger partial charge in [-0.3, -0.25) is 0 Å². The lowest BCUT2D eigenvalue weighted by molar-refractivity contribution is -0.0504.